The SMILES string of the molecule is CC(C)CC(NC(=O)C1CCN(S(=O)(=O)Cc2ccc(Br)cc2)CC1)c1ccccc1. The van der Waals surface area contributed by atoms with E-state index in [4.69, 9.17) is 0 Å². The predicted octanol–water partition coefficient (Wildman–Crippen LogP) is 4.89. The van der Waals surface area contributed by atoms with E-state index in [9.17, 15) is 13.2 Å². The zero-order valence-electron chi connectivity index (χ0n) is 18.1. The fourth-order valence-corrected chi connectivity index (χ4v) is 5.83. The van der Waals surface area contributed by atoms with E-state index in [0.717, 1.165) is 22.0 Å². The molecule has 0 radical (unpaired) electrons. The van der Waals surface area contributed by atoms with Crippen molar-refractivity contribution in [1.82, 2.24) is 9.62 Å². The topological polar surface area (TPSA) is 66.5 Å². The average molecular weight is 507 g/mol. The van der Waals surface area contributed by atoms with Gasteiger partial charge < -0.3 is 5.32 Å². The normalized spacial score (nSPS) is 16.9. The Morgan fingerprint density at radius 2 is 1.68 bits per heavy atom. The minimum atomic E-state index is -3.39. The molecule has 0 aliphatic carbocycles. The molecule has 0 saturated carbocycles. The maximum atomic E-state index is 13.0. The van der Waals surface area contributed by atoms with Gasteiger partial charge >= 0.3 is 0 Å². The lowest BCUT2D eigenvalue weighted by Gasteiger charge is -2.32. The third kappa shape index (κ3) is 6.89. The first-order valence-corrected chi connectivity index (χ1v) is 13.2. The van der Waals surface area contributed by atoms with Gasteiger partial charge in [-0.3, -0.25) is 4.79 Å². The van der Waals surface area contributed by atoms with Crippen LogP contribution in [0.15, 0.2) is 59.1 Å². The van der Waals surface area contributed by atoms with E-state index in [0.29, 0.717) is 31.8 Å². The van der Waals surface area contributed by atoms with Gasteiger partial charge in [-0.15, -0.1) is 0 Å². The van der Waals surface area contributed by atoms with Crippen LogP contribution in [0, 0.1) is 11.8 Å². The Hall–Kier alpha value is -1.70. The molecule has 31 heavy (non-hydrogen) atoms. The summed E-state index contributed by atoms with van der Waals surface area (Å²) in [7, 11) is -3.39. The lowest BCUT2D eigenvalue weighted by molar-refractivity contribution is -0.127. The highest BCUT2D eigenvalue weighted by atomic mass is 79.9. The molecule has 0 aromatic heterocycles. The van der Waals surface area contributed by atoms with Crippen molar-refractivity contribution in [2.45, 2.75) is 44.9 Å². The van der Waals surface area contributed by atoms with E-state index in [1.165, 1.54) is 4.31 Å². The van der Waals surface area contributed by atoms with Crippen LogP contribution >= 0.6 is 15.9 Å². The van der Waals surface area contributed by atoms with Crippen molar-refractivity contribution in [1.29, 1.82) is 0 Å². The highest BCUT2D eigenvalue weighted by Gasteiger charge is 2.32. The van der Waals surface area contributed by atoms with E-state index in [2.05, 4.69) is 35.1 Å². The van der Waals surface area contributed by atoms with Crippen LogP contribution < -0.4 is 5.32 Å². The zero-order valence-corrected chi connectivity index (χ0v) is 20.5. The molecule has 168 valence electrons. The maximum Gasteiger partial charge on any atom is 0.223 e. The first-order chi connectivity index (χ1) is 14.7. The first-order valence-electron chi connectivity index (χ1n) is 10.8. The monoisotopic (exact) mass is 506 g/mol. The largest absolute Gasteiger partial charge is 0.349 e. The number of nitrogens with zero attached hydrogens (tertiary/aromatic N) is 1. The molecule has 7 heteroatoms. The summed E-state index contributed by atoms with van der Waals surface area (Å²) in [6.45, 7) is 5.07. The van der Waals surface area contributed by atoms with Crippen molar-refractivity contribution in [3.05, 3.63) is 70.2 Å². The molecule has 0 bridgehead atoms. The van der Waals surface area contributed by atoms with E-state index in [1.807, 2.05) is 54.6 Å². The number of sulfonamides is 1. The van der Waals surface area contributed by atoms with E-state index in [-0.39, 0.29) is 23.6 Å². The molecule has 1 heterocycles. The van der Waals surface area contributed by atoms with Gasteiger partial charge in [0.1, 0.15) is 0 Å². The summed E-state index contributed by atoms with van der Waals surface area (Å²) in [5.74, 6) is 0.315. The molecule has 1 atom stereocenters. The lowest BCUT2D eigenvalue weighted by atomic mass is 9.93. The molecule has 1 unspecified atom stereocenters. The van der Waals surface area contributed by atoms with Crippen molar-refractivity contribution in [3.63, 3.8) is 0 Å². The number of hydrogen-bond acceptors (Lipinski definition) is 3. The zero-order chi connectivity index (χ0) is 22.4. The molecule has 0 spiro atoms. The minimum Gasteiger partial charge on any atom is -0.349 e. The number of carbonyl (C=O) groups is 1. The molecule has 2 aromatic carbocycles. The van der Waals surface area contributed by atoms with Gasteiger partial charge in [0.05, 0.1) is 11.8 Å². The highest BCUT2D eigenvalue weighted by molar-refractivity contribution is 9.10. The van der Waals surface area contributed by atoms with Crippen LogP contribution in [-0.2, 0) is 20.6 Å². The molecule has 1 aliphatic heterocycles. The number of benzene rings is 2. The minimum absolute atomic E-state index is 0.0123. The fourth-order valence-electron chi connectivity index (χ4n) is 4.00. The van der Waals surface area contributed by atoms with Crippen LogP contribution in [0.25, 0.3) is 0 Å². The Morgan fingerprint density at radius 3 is 2.26 bits per heavy atom. The summed E-state index contributed by atoms with van der Waals surface area (Å²) in [5.41, 5.74) is 1.88. The van der Waals surface area contributed by atoms with Crippen molar-refractivity contribution >= 4 is 31.9 Å². The number of amides is 1. The van der Waals surface area contributed by atoms with Gasteiger partial charge in [0.25, 0.3) is 0 Å². The fraction of sp³-hybridized carbons (Fsp3) is 0.458. The average Bonchev–Trinajstić information content (AvgIpc) is 2.75. The summed E-state index contributed by atoms with van der Waals surface area (Å²) < 4.78 is 28.1. The van der Waals surface area contributed by atoms with Gasteiger partial charge in [0, 0.05) is 23.5 Å². The van der Waals surface area contributed by atoms with Crippen molar-refractivity contribution < 1.29 is 13.2 Å². The van der Waals surface area contributed by atoms with Crippen LogP contribution in [0.2, 0.25) is 0 Å². The van der Waals surface area contributed by atoms with Gasteiger partial charge in [-0.1, -0.05) is 72.2 Å². The van der Waals surface area contributed by atoms with Gasteiger partial charge in [0.2, 0.25) is 15.9 Å². The molecule has 1 amide bonds. The van der Waals surface area contributed by atoms with E-state index < -0.39 is 10.0 Å². The summed E-state index contributed by atoms with van der Waals surface area (Å²) in [4.78, 5) is 13.0. The summed E-state index contributed by atoms with van der Waals surface area (Å²) in [6.07, 6.45) is 1.97. The maximum absolute atomic E-state index is 13.0. The van der Waals surface area contributed by atoms with Crippen LogP contribution in [0.3, 0.4) is 0 Å². The van der Waals surface area contributed by atoms with Gasteiger partial charge in [-0.2, -0.15) is 0 Å². The van der Waals surface area contributed by atoms with Gasteiger partial charge in [-0.05, 0) is 48.4 Å². The quantitative estimate of drug-likeness (QED) is 0.553. The summed E-state index contributed by atoms with van der Waals surface area (Å²) >= 11 is 3.37. The van der Waals surface area contributed by atoms with Crippen molar-refractivity contribution in [3.8, 4) is 0 Å². The molecule has 2 aromatic rings. The Balaban J connectivity index is 1.57. The second-order valence-electron chi connectivity index (χ2n) is 8.66. The molecular weight excluding hydrogens is 476 g/mol. The highest BCUT2D eigenvalue weighted by Crippen LogP contribution is 2.26. The smallest absolute Gasteiger partial charge is 0.223 e. The predicted molar refractivity (Wildman–Crippen MR) is 128 cm³/mol. The molecule has 3 rings (SSSR count). The summed E-state index contributed by atoms with van der Waals surface area (Å²) in [6, 6.07) is 17.4. The van der Waals surface area contributed by atoms with Crippen LogP contribution in [0.1, 0.15) is 50.3 Å². The van der Waals surface area contributed by atoms with Crippen molar-refractivity contribution in [2.24, 2.45) is 11.8 Å². The van der Waals surface area contributed by atoms with E-state index in [1.54, 1.807) is 0 Å². The number of hydrogen-bond donors (Lipinski definition) is 1. The van der Waals surface area contributed by atoms with Crippen molar-refractivity contribution in [2.75, 3.05) is 13.1 Å². The Morgan fingerprint density at radius 1 is 1.06 bits per heavy atom. The van der Waals surface area contributed by atoms with Crippen LogP contribution in [0.5, 0.6) is 0 Å². The third-order valence-corrected chi connectivity index (χ3v) is 8.08. The number of piperidine rings is 1. The molecular formula is C24H31BrN2O3S. The van der Waals surface area contributed by atoms with Gasteiger partial charge in [-0.25, -0.2) is 12.7 Å². The summed E-state index contributed by atoms with van der Waals surface area (Å²) in [5, 5.41) is 3.22. The van der Waals surface area contributed by atoms with Gasteiger partial charge in [0.15, 0.2) is 0 Å². The lowest BCUT2D eigenvalue weighted by Crippen LogP contribution is -2.44. The molecule has 1 aliphatic rings. The number of carbonyl (C=O) groups excluding carboxylic acids is 1. The van der Waals surface area contributed by atoms with Crippen LogP contribution in [-0.4, -0.2) is 31.7 Å². The Kier molecular flexibility index (Phi) is 8.30. The number of halogens is 1. The molecule has 1 saturated heterocycles. The Labute approximate surface area is 194 Å². The molecule has 1 N–H and O–H groups in total. The van der Waals surface area contributed by atoms with E-state index >= 15 is 0 Å². The number of rotatable bonds is 8. The standard InChI is InChI=1S/C24H31BrN2O3S/c1-18(2)16-23(20-6-4-3-5-7-20)26-24(28)21-12-14-27(15-13-21)31(29,30)17-19-8-10-22(25)11-9-19/h3-11,18,21,23H,12-17H2,1-2H3,(H,26,28). The van der Waals surface area contributed by atoms with Crippen LogP contribution in [0.4, 0.5) is 0 Å². The molecule has 5 nitrogen and oxygen atoms in total. The molecule has 1 fully saturated rings. The number of nitrogens with one attached hydrogen (secondary N) is 1. The Bertz CT molecular complexity index is 954. The second-order valence-corrected chi connectivity index (χ2v) is 11.5. The second kappa shape index (κ2) is 10.7. The third-order valence-electron chi connectivity index (χ3n) is 5.71. The first kappa shape index (κ1) is 24.0.